The minimum Gasteiger partial charge on any atom is -0.246 e. The van der Waals surface area contributed by atoms with E-state index in [0.717, 1.165) is 15.6 Å². The fourth-order valence-electron chi connectivity index (χ4n) is 1.40. The number of aliphatic imine (C=N–C) groups is 1. The summed E-state index contributed by atoms with van der Waals surface area (Å²) in [7, 11) is 0. The molecule has 1 aliphatic heterocycles. The molecule has 1 heterocycles. The molecule has 0 amide bonds. The van der Waals surface area contributed by atoms with E-state index >= 15 is 0 Å². The SMILES string of the molecule is C=C1SC(C)=Nc2ccc(C)cc21. The van der Waals surface area contributed by atoms with Crippen LogP contribution in [-0.4, -0.2) is 5.04 Å². The maximum atomic E-state index is 4.46. The van der Waals surface area contributed by atoms with Crippen LogP contribution < -0.4 is 0 Å². The molecule has 1 aliphatic rings. The Balaban J connectivity index is 2.63. The van der Waals surface area contributed by atoms with Gasteiger partial charge in [-0.25, -0.2) is 4.99 Å². The summed E-state index contributed by atoms with van der Waals surface area (Å²) in [6.45, 7) is 8.13. The van der Waals surface area contributed by atoms with Crippen LogP contribution in [0.1, 0.15) is 18.1 Å². The average molecular weight is 189 g/mol. The Hall–Kier alpha value is -1.02. The highest BCUT2D eigenvalue weighted by molar-refractivity contribution is 8.21. The third-order valence-corrected chi connectivity index (χ3v) is 2.85. The summed E-state index contributed by atoms with van der Waals surface area (Å²) in [5.41, 5.74) is 3.48. The molecule has 0 N–H and O–H groups in total. The first kappa shape index (κ1) is 8.57. The van der Waals surface area contributed by atoms with E-state index in [-0.39, 0.29) is 0 Å². The van der Waals surface area contributed by atoms with Crippen LogP contribution in [0, 0.1) is 6.92 Å². The monoisotopic (exact) mass is 189 g/mol. The lowest BCUT2D eigenvalue weighted by Crippen LogP contribution is -1.93. The molecule has 66 valence electrons. The van der Waals surface area contributed by atoms with Crippen LogP contribution in [0.5, 0.6) is 0 Å². The normalized spacial score (nSPS) is 15.2. The molecule has 0 fully saturated rings. The fraction of sp³-hybridized carbons (Fsp3) is 0.182. The fourth-order valence-corrected chi connectivity index (χ4v) is 2.17. The first-order chi connectivity index (χ1) is 6.16. The molecule has 2 rings (SSSR count). The van der Waals surface area contributed by atoms with Gasteiger partial charge in [-0.1, -0.05) is 30.0 Å². The Bertz CT molecular complexity index is 405. The molecule has 1 aromatic rings. The second-order valence-electron chi connectivity index (χ2n) is 3.18. The van der Waals surface area contributed by atoms with Crippen LogP contribution in [0.3, 0.4) is 0 Å². The molecule has 0 aromatic heterocycles. The number of nitrogens with zero attached hydrogens (tertiary/aromatic N) is 1. The standard InChI is InChI=1S/C11H11NS/c1-7-4-5-11-10(6-7)8(2)13-9(3)12-11/h4-6H,2H2,1,3H3. The molecular formula is C11H11NS. The van der Waals surface area contributed by atoms with Gasteiger partial charge in [-0.05, 0) is 26.0 Å². The molecule has 0 atom stereocenters. The van der Waals surface area contributed by atoms with Gasteiger partial charge in [-0.15, -0.1) is 0 Å². The van der Waals surface area contributed by atoms with E-state index in [1.54, 1.807) is 11.8 Å². The van der Waals surface area contributed by atoms with Crippen molar-refractivity contribution in [3.63, 3.8) is 0 Å². The second-order valence-corrected chi connectivity index (χ2v) is 4.46. The summed E-state index contributed by atoms with van der Waals surface area (Å²) >= 11 is 1.65. The molecular weight excluding hydrogens is 178 g/mol. The Morgan fingerprint density at radius 2 is 2.08 bits per heavy atom. The van der Waals surface area contributed by atoms with Crippen molar-refractivity contribution in [2.75, 3.05) is 0 Å². The molecule has 0 aliphatic carbocycles. The summed E-state index contributed by atoms with van der Waals surface area (Å²) in [4.78, 5) is 5.56. The number of hydrogen-bond donors (Lipinski definition) is 0. The highest BCUT2D eigenvalue weighted by atomic mass is 32.2. The molecule has 0 bridgehead atoms. The molecule has 0 spiro atoms. The van der Waals surface area contributed by atoms with Gasteiger partial charge in [0.25, 0.3) is 0 Å². The zero-order valence-electron chi connectivity index (χ0n) is 7.79. The van der Waals surface area contributed by atoms with Crippen LogP contribution in [0.4, 0.5) is 5.69 Å². The van der Waals surface area contributed by atoms with E-state index < -0.39 is 0 Å². The summed E-state index contributed by atoms with van der Waals surface area (Å²) in [5, 5.41) is 1.07. The lowest BCUT2D eigenvalue weighted by molar-refractivity contribution is 1.41. The first-order valence-electron chi connectivity index (χ1n) is 4.20. The van der Waals surface area contributed by atoms with Crippen LogP contribution in [0.25, 0.3) is 4.91 Å². The summed E-state index contributed by atoms with van der Waals surface area (Å²) < 4.78 is 0. The predicted octanol–water partition coefficient (Wildman–Crippen LogP) is 3.76. The summed E-state index contributed by atoms with van der Waals surface area (Å²) in [5.74, 6) is 0. The van der Waals surface area contributed by atoms with Gasteiger partial charge in [-0.2, -0.15) is 0 Å². The number of aryl methyl sites for hydroxylation is 1. The highest BCUT2D eigenvalue weighted by Crippen LogP contribution is 2.39. The van der Waals surface area contributed by atoms with Crippen LogP contribution in [0.15, 0.2) is 29.8 Å². The van der Waals surface area contributed by atoms with Crippen molar-refractivity contribution in [1.29, 1.82) is 0 Å². The topological polar surface area (TPSA) is 12.4 Å². The van der Waals surface area contributed by atoms with E-state index in [9.17, 15) is 0 Å². The second kappa shape index (κ2) is 3.04. The van der Waals surface area contributed by atoms with Crippen molar-refractivity contribution >= 4 is 27.4 Å². The Labute approximate surface area is 82.6 Å². The van der Waals surface area contributed by atoms with E-state index in [1.807, 2.05) is 6.92 Å². The lowest BCUT2D eigenvalue weighted by Gasteiger charge is -2.15. The maximum absolute atomic E-state index is 4.46. The van der Waals surface area contributed by atoms with Crippen molar-refractivity contribution < 1.29 is 0 Å². The molecule has 0 radical (unpaired) electrons. The van der Waals surface area contributed by atoms with Gasteiger partial charge >= 0.3 is 0 Å². The summed E-state index contributed by atoms with van der Waals surface area (Å²) in [6, 6.07) is 6.28. The van der Waals surface area contributed by atoms with E-state index in [2.05, 4.69) is 36.7 Å². The molecule has 2 heteroatoms. The number of fused-ring (bicyclic) bond motifs is 1. The smallest absolute Gasteiger partial charge is 0.0755 e. The van der Waals surface area contributed by atoms with Crippen molar-refractivity contribution in [3.8, 4) is 0 Å². The van der Waals surface area contributed by atoms with Gasteiger partial charge in [0.1, 0.15) is 0 Å². The largest absolute Gasteiger partial charge is 0.246 e. The molecule has 1 nitrogen and oxygen atoms in total. The third kappa shape index (κ3) is 1.54. The maximum Gasteiger partial charge on any atom is 0.0755 e. The summed E-state index contributed by atoms with van der Waals surface area (Å²) in [6.07, 6.45) is 0. The van der Waals surface area contributed by atoms with E-state index in [0.29, 0.717) is 0 Å². The van der Waals surface area contributed by atoms with Gasteiger partial charge in [-0.3, -0.25) is 0 Å². The minimum atomic E-state index is 1.05. The van der Waals surface area contributed by atoms with Gasteiger partial charge in [0.05, 0.1) is 10.7 Å². The zero-order valence-corrected chi connectivity index (χ0v) is 8.61. The van der Waals surface area contributed by atoms with Gasteiger partial charge < -0.3 is 0 Å². The van der Waals surface area contributed by atoms with Gasteiger partial charge in [0.2, 0.25) is 0 Å². The average Bonchev–Trinajstić information content (AvgIpc) is 2.06. The van der Waals surface area contributed by atoms with Crippen molar-refractivity contribution in [2.45, 2.75) is 13.8 Å². The Kier molecular flexibility index (Phi) is 2.00. The molecule has 0 unspecified atom stereocenters. The molecule has 13 heavy (non-hydrogen) atoms. The quantitative estimate of drug-likeness (QED) is 0.605. The number of hydrogen-bond acceptors (Lipinski definition) is 2. The number of thioether (sulfide) groups is 1. The van der Waals surface area contributed by atoms with Crippen molar-refractivity contribution in [2.24, 2.45) is 4.99 Å². The molecule has 0 saturated heterocycles. The van der Waals surface area contributed by atoms with Crippen molar-refractivity contribution in [1.82, 2.24) is 0 Å². The highest BCUT2D eigenvalue weighted by Gasteiger charge is 2.12. The van der Waals surface area contributed by atoms with E-state index in [1.165, 1.54) is 11.1 Å². The minimum absolute atomic E-state index is 1.05. The number of rotatable bonds is 0. The van der Waals surface area contributed by atoms with Gasteiger partial charge in [0.15, 0.2) is 0 Å². The van der Waals surface area contributed by atoms with Crippen LogP contribution >= 0.6 is 11.8 Å². The molecule has 1 aromatic carbocycles. The lowest BCUT2D eigenvalue weighted by atomic mass is 10.1. The van der Waals surface area contributed by atoms with Crippen LogP contribution in [-0.2, 0) is 0 Å². The third-order valence-electron chi connectivity index (χ3n) is 2.00. The van der Waals surface area contributed by atoms with Crippen LogP contribution in [0.2, 0.25) is 0 Å². The predicted molar refractivity (Wildman–Crippen MR) is 60.6 cm³/mol. The first-order valence-corrected chi connectivity index (χ1v) is 5.01. The van der Waals surface area contributed by atoms with Gasteiger partial charge in [0, 0.05) is 10.5 Å². The zero-order chi connectivity index (χ0) is 9.42. The number of benzene rings is 1. The molecule has 0 saturated carbocycles. The Morgan fingerprint density at radius 3 is 2.85 bits per heavy atom. The Morgan fingerprint density at radius 1 is 1.31 bits per heavy atom. The van der Waals surface area contributed by atoms with E-state index in [4.69, 9.17) is 0 Å². The van der Waals surface area contributed by atoms with Crippen molar-refractivity contribution in [3.05, 3.63) is 35.9 Å².